The number of oxazole rings is 1. The Morgan fingerprint density at radius 3 is 3.00 bits per heavy atom. The molecule has 0 atom stereocenters. The number of thiophene rings is 1. The van der Waals surface area contributed by atoms with Crippen molar-refractivity contribution in [1.29, 1.82) is 0 Å². The fourth-order valence-electron chi connectivity index (χ4n) is 1.66. The summed E-state index contributed by atoms with van der Waals surface area (Å²) in [5.41, 5.74) is 0.699. The van der Waals surface area contributed by atoms with E-state index in [9.17, 15) is 4.79 Å². The number of pyridine rings is 1. The minimum Gasteiger partial charge on any atom is -0.443 e. The van der Waals surface area contributed by atoms with Gasteiger partial charge in [-0.05, 0) is 17.5 Å². The monoisotopic (exact) mass is 258 g/mol. The molecule has 0 saturated heterocycles. The van der Waals surface area contributed by atoms with E-state index < -0.39 is 0 Å². The first-order valence-electron chi connectivity index (χ1n) is 5.47. The van der Waals surface area contributed by atoms with Crippen LogP contribution in [-0.4, -0.2) is 9.55 Å². The third kappa shape index (κ3) is 2.12. The molecule has 0 amide bonds. The Hall–Kier alpha value is -2.14. The lowest BCUT2D eigenvalue weighted by Gasteiger charge is -2.00. The Morgan fingerprint density at radius 2 is 2.22 bits per heavy atom. The highest BCUT2D eigenvalue weighted by Gasteiger charge is 2.08. The normalized spacial score (nSPS) is 10.7. The van der Waals surface area contributed by atoms with Gasteiger partial charge in [-0.2, -0.15) is 0 Å². The summed E-state index contributed by atoms with van der Waals surface area (Å²) in [6, 6.07) is 8.97. The van der Waals surface area contributed by atoms with Gasteiger partial charge in [0, 0.05) is 12.3 Å². The lowest BCUT2D eigenvalue weighted by Crippen LogP contribution is -2.18. The summed E-state index contributed by atoms with van der Waals surface area (Å²) in [4.78, 5) is 16.9. The molecular formula is C13H10N2O2S. The summed E-state index contributed by atoms with van der Waals surface area (Å²) >= 11 is 1.57. The van der Waals surface area contributed by atoms with Crippen molar-refractivity contribution in [2.24, 2.45) is 0 Å². The van der Waals surface area contributed by atoms with Gasteiger partial charge >= 0.3 is 0 Å². The molecule has 3 aromatic rings. The summed E-state index contributed by atoms with van der Waals surface area (Å²) in [6.07, 6.45) is 3.33. The fraction of sp³-hybridized carbons (Fsp3) is 0.0769. The Balaban J connectivity index is 1.87. The molecule has 4 nitrogen and oxygen atoms in total. The van der Waals surface area contributed by atoms with Gasteiger partial charge in [-0.15, -0.1) is 11.3 Å². The molecule has 3 heterocycles. The average Bonchev–Trinajstić information content (AvgIpc) is 3.02. The Bertz CT molecular complexity index is 698. The van der Waals surface area contributed by atoms with E-state index >= 15 is 0 Å². The molecule has 0 aliphatic heterocycles. The number of hydrogen-bond donors (Lipinski definition) is 0. The molecule has 0 aromatic carbocycles. The van der Waals surface area contributed by atoms with Gasteiger partial charge in [0.2, 0.25) is 5.89 Å². The van der Waals surface area contributed by atoms with Crippen molar-refractivity contribution >= 4 is 11.3 Å². The predicted molar refractivity (Wildman–Crippen MR) is 69.6 cm³/mol. The zero-order chi connectivity index (χ0) is 12.4. The lowest BCUT2D eigenvalue weighted by atomic mass is 10.4. The zero-order valence-corrected chi connectivity index (χ0v) is 10.3. The standard InChI is InChI=1S/C13H10N2O2S/c16-12-5-1-2-6-15(12)8-10-9-17-13(14-10)11-4-3-7-18-11/h1-7,9H,8H2. The minimum absolute atomic E-state index is 0.0434. The van der Waals surface area contributed by atoms with Gasteiger partial charge in [-0.25, -0.2) is 4.98 Å². The lowest BCUT2D eigenvalue weighted by molar-refractivity contribution is 0.572. The first kappa shape index (κ1) is 11.0. The quantitative estimate of drug-likeness (QED) is 0.725. The first-order valence-corrected chi connectivity index (χ1v) is 6.34. The molecule has 0 saturated carbocycles. The van der Waals surface area contributed by atoms with E-state index in [0.717, 1.165) is 10.6 Å². The van der Waals surface area contributed by atoms with Crippen molar-refractivity contribution in [1.82, 2.24) is 9.55 Å². The summed E-state index contributed by atoms with van der Waals surface area (Å²) in [5, 5.41) is 1.97. The maximum absolute atomic E-state index is 11.6. The molecular weight excluding hydrogens is 248 g/mol. The molecule has 0 N–H and O–H groups in total. The van der Waals surface area contributed by atoms with Gasteiger partial charge in [0.05, 0.1) is 17.1 Å². The summed E-state index contributed by atoms with van der Waals surface area (Å²) < 4.78 is 7.00. The SMILES string of the molecule is O=c1ccccn1Cc1coc(-c2cccs2)n1. The average molecular weight is 258 g/mol. The van der Waals surface area contributed by atoms with Crippen LogP contribution in [0.15, 0.2) is 57.4 Å². The van der Waals surface area contributed by atoms with Crippen LogP contribution in [0.4, 0.5) is 0 Å². The molecule has 0 spiro atoms. The van der Waals surface area contributed by atoms with E-state index in [-0.39, 0.29) is 5.56 Å². The zero-order valence-electron chi connectivity index (χ0n) is 9.45. The van der Waals surface area contributed by atoms with Crippen molar-refractivity contribution in [2.45, 2.75) is 6.54 Å². The van der Waals surface area contributed by atoms with Gasteiger partial charge in [0.25, 0.3) is 5.56 Å². The largest absolute Gasteiger partial charge is 0.443 e. The van der Waals surface area contributed by atoms with E-state index in [4.69, 9.17) is 4.42 Å². The van der Waals surface area contributed by atoms with Crippen LogP contribution >= 0.6 is 11.3 Å². The van der Waals surface area contributed by atoms with Gasteiger partial charge < -0.3 is 8.98 Å². The highest BCUT2D eigenvalue weighted by molar-refractivity contribution is 7.13. The Morgan fingerprint density at radius 1 is 1.28 bits per heavy atom. The van der Waals surface area contributed by atoms with Crippen molar-refractivity contribution < 1.29 is 4.42 Å². The highest BCUT2D eigenvalue weighted by atomic mass is 32.1. The van der Waals surface area contributed by atoms with E-state index in [1.165, 1.54) is 6.07 Å². The Labute approximate surface area is 107 Å². The third-order valence-electron chi connectivity index (χ3n) is 2.52. The van der Waals surface area contributed by atoms with Crippen LogP contribution in [0, 0.1) is 0 Å². The number of hydrogen-bond acceptors (Lipinski definition) is 4. The van der Waals surface area contributed by atoms with Gasteiger partial charge in [0.1, 0.15) is 6.26 Å². The molecule has 0 bridgehead atoms. The molecule has 0 fully saturated rings. The van der Waals surface area contributed by atoms with E-state index in [0.29, 0.717) is 12.4 Å². The topological polar surface area (TPSA) is 48.0 Å². The number of aromatic nitrogens is 2. The van der Waals surface area contributed by atoms with Crippen molar-refractivity contribution in [3.05, 3.63) is 64.2 Å². The highest BCUT2D eigenvalue weighted by Crippen LogP contribution is 2.23. The maximum atomic E-state index is 11.6. The summed E-state index contributed by atoms with van der Waals surface area (Å²) in [7, 11) is 0. The van der Waals surface area contributed by atoms with Gasteiger partial charge in [-0.1, -0.05) is 12.1 Å². The molecule has 18 heavy (non-hydrogen) atoms. The van der Waals surface area contributed by atoms with Gasteiger partial charge in [0.15, 0.2) is 0 Å². The molecule has 0 aliphatic rings. The van der Waals surface area contributed by atoms with Crippen LogP contribution in [0.1, 0.15) is 5.69 Å². The molecule has 0 unspecified atom stereocenters. The smallest absolute Gasteiger partial charge is 0.250 e. The molecule has 3 aromatic heterocycles. The molecule has 3 rings (SSSR count). The second-order valence-electron chi connectivity index (χ2n) is 3.79. The van der Waals surface area contributed by atoms with E-state index in [1.54, 1.807) is 34.4 Å². The van der Waals surface area contributed by atoms with Crippen LogP contribution < -0.4 is 5.56 Å². The molecule has 0 radical (unpaired) electrons. The number of rotatable bonds is 3. The first-order chi connectivity index (χ1) is 8.83. The van der Waals surface area contributed by atoms with Crippen LogP contribution in [0.3, 0.4) is 0 Å². The summed E-state index contributed by atoms with van der Waals surface area (Å²) in [5.74, 6) is 0.601. The summed E-state index contributed by atoms with van der Waals surface area (Å²) in [6.45, 7) is 0.425. The van der Waals surface area contributed by atoms with E-state index in [2.05, 4.69) is 4.98 Å². The van der Waals surface area contributed by atoms with Crippen LogP contribution in [-0.2, 0) is 6.54 Å². The number of nitrogens with zero attached hydrogens (tertiary/aromatic N) is 2. The van der Waals surface area contributed by atoms with Crippen LogP contribution in [0.25, 0.3) is 10.8 Å². The Kier molecular flexibility index (Phi) is 2.82. The maximum Gasteiger partial charge on any atom is 0.250 e. The van der Waals surface area contributed by atoms with Crippen molar-refractivity contribution in [2.75, 3.05) is 0 Å². The van der Waals surface area contributed by atoms with Crippen molar-refractivity contribution in [3.8, 4) is 10.8 Å². The molecule has 90 valence electrons. The second-order valence-corrected chi connectivity index (χ2v) is 4.74. The minimum atomic E-state index is -0.0434. The molecule has 0 aliphatic carbocycles. The van der Waals surface area contributed by atoms with Crippen LogP contribution in [0.5, 0.6) is 0 Å². The van der Waals surface area contributed by atoms with E-state index in [1.807, 2.05) is 23.6 Å². The van der Waals surface area contributed by atoms with Crippen LogP contribution in [0.2, 0.25) is 0 Å². The van der Waals surface area contributed by atoms with Gasteiger partial charge in [-0.3, -0.25) is 4.79 Å². The third-order valence-corrected chi connectivity index (χ3v) is 3.37. The van der Waals surface area contributed by atoms with Crippen molar-refractivity contribution in [3.63, 3.8) is 0 Å². The molecule has 5 heteroatoms. The predicted octanol–water partition coefficient (Wildman–Crippen LogP) is 2.61. The fourth-order valence-corrected chi connectivity index (χ4v) is 2.31. The second kappa shape index (κ2) is 4.62.